The molecule has 0 radical (unpaired) electrons. The molecule has 134 valence electrons. The molecular formula is C15H23N3O4S2. The minimum Gasteiger partial charge on any atom is -0.379 e. The van der Waals surface area contributed by atoms with Crippen molar-refractivity contribution < 1.29 is 17.9 Å². The fraction of sp³-hybridized carbons (Fsp3) is 0.533. The number of thioether (sulfide) groups is 1. The van der Waals surface area contributed by atoms with Crippen LogP contribution in [0.4, 0.5) is 5.69 Å². The number of rotatable bonds is 7. The third-order valence-electron chi connectivity index (χ3n) is 3.68. The second kappa shape index (κ2) is 8.82. The lowest BCUT2D eigenvalue weighted by molar-refractivity contribution is -0.117. The number of hydrogen-bond donors (Lipinski definition) is 2. The summed E-state index contributed by atoms with van der Waals surface area (Å²) in [5.74, 6) is 0.477. The van der Waals surface area contributed by atoms with E-state index < -0.39 is 16.1 Å². The van der Waals surface area contributed by atoms with E-state index in [4.69, 9.17) is 10.5 Å². The number of morpholine rings is 1. The zero-order chi connectivity index (χ0) is 17.6. The summed E-state index contributed by atoms with van der Waals surface area (Å²) in [5.41, 5.74) is 6.25. The molecule has 1 amide bonds. The molecule has 1 heterocycles. The molecule has 1 aliphatic rings. The van der Waals surface area contributed by atoms with Crippen LogP contribution in [0.5, 0.6) is 0 Å². The summed E-state index contributed by atoms with van der Waals surface area (Å²) in [6.07, 6.45) is 2.52. The molecule has 24 heavy (non-hydrogen) atoms. The first-order valence-corrected chi connectivity index (χ1v) is 10.5. The number of anilines is 1. The monoisotopic (exact) mass is 373 g/mol. The van der Waals surface area contributed by atoms with E-state index in [-0.39, 0.29) is 10.8 Å². The zero-order valence-corrected chi connectivity index (χ0v) is 15.2. The number of hydrogen-bond acceptors (Lipinski definition) is 6. The van der Waals surface area contributed by atoms with Crippen molar-refractivity contribution in [1.29, 1.82) is 0 Å². The first kappa shape index (κ1) is 19.2. The van der Waals surface area contributed by atoms with Crippen molar-refractivity contribution >= 4 is 33.4 Å². The molecule has 1 aliphatic heterocycles. The van der Waals surface area contributed by atoms with E-state index in [1.807, 2.05) is 6.26 Å². The predicted octanol–water partition coefficient (Wildman–Crippen LogP) is 0.726. The predicted molar refractivity (Wildman–Crippen MR) is 95.6 cm³/mol. The lowest BCUT2D eigenvalue weighted by Crippen LogP contribution is -2.40. The van der Waals surface area contributed by atoms with Crippen LogP contribution >= 0.6 is 11.8 Å². The molecule has 0 spiro atoms. The molecule has 1 saturated heterocycles. The standard InChI is InChI=1S/C15H23N3O4S2/c1-23-10-5-14(16)15(19)17-12-3-2-4-13(11-12)24(20,21)18-6-8-22-9-7-18/h2-4,11,14H,5-10,16H2,1H3,(H,17,19)/t14-/m0/s1. The van der Waals surface area contributed by atoms with E-state index in [0.29, 0.717) is 38.4 Å². The maximum atomic E-state index is 12.6. The SMILES string of the molecule is CSCC[C@H](N)C(=O)Nc1cccc(S(=O)(=O)N2CCOCC2)c1. The van der Waals surface area contributed by atoms with E-state index in [0.717, 1.165) is 5.75 Å². The van der Waals surface area contributed by atoms with Gasteiger partial charge in [0.1, 0.15) is 0 Å². The van der Waals surface area contributed by atoms with Crippen molar-refractivity contribution in [3.05, 3.63) is 24.3 Å². The Labute approximate surface area is 147 Å². The molecule has 0 aromatic heterocycles. The second-order valence-electron chi connectivity index (χ2n) is 5.42. The quantitative estimate of drug-likeness (QED) is 0.730. The molecule has 1 atom stereocenters. The number of amides is 1. The average Bonchev–Trinajstić information content (AvgIpc) is 2.60. The smallest absolute Gasteiger partial charge is 0.243 e. The van der Waals surface area contributed by atoms with Crippen LogP contribution in [-0.2, 0) is 19.6 Å². The van der Waals surface area contributed by atoms with Gasteiger partial charge in [0.25, 0.3) is 0 Å². The summed E-state index contributed by atoms with van der Waals surface area (Å²) in [6, 6.07) is 5.63. The molecule has 0 saturated carbocycles. The number of nitrogens with zero attached hydrogens (tertiary/aromatic N) is 1. The Morgan fingerprint density at radius 2 is 2.12 bits per heavy atom. The zero-order valence-electron chi connectivity index (χ0n) is 13.6. The Hall–Kier alpha value is -1.13. The minimum absolute atomic E-state index is 0.153. The van der Waals surface area contributed by atoms with Crippen molar-refractivity contribution in [1.82, 2.24) is 4.31 Å². The summed E-state index contributed by atoms with van der Waals surface area (Å²) in [7, 11) is -3.59. The van der Waals surface area contributed by atoms with Gasteiger partial charge in [0.2, 0.25) is 15.9 Å². The number of ether oxygens (including phenoxy) is 1. The van der Waals surface area contributed by atoms with Crippen molar-refractivity contribution in [3.63, 3.8) is 0 Å². The normalized spacial score (nSPS) is 17.4. The van der Waals surface area contributed by atoms with Crippen LogP contribution in [0.2, 0.25) is 0 Å². The molecule has 0 aliphatic carbocycles. The van der Waals surface area contributed by atoms with Gasteiger partial charge in [-0.15, -0.1) is 0 Å². The first-order valence-electron chi connectivity index (χ1n) is 7.68. The molecule has 9 heteroatoms. The Morgan fingerprint density at radius 1 is 1.42 bits per heavy atom. The van der Waals surface area contributed by atoms with Gasteiger partial charge in [-0.25, -0.2) is 8.42 Å². The fourth-order valence-corrected chi connectivity index (χ4v) is 4.23. The lowest BCUT2D eigenvalue weighted by atomic mass is 10.2. The largest absolute Gasteiger partial charge is 0.379 e. The topological polar surface area (TPSA) is 102 Å². The Morgan fingerprint density at radius 3 is 2.79 bits per heavy atom. The summed E-state index contributed by atoms with van der Waals surface area (Å²) < 4.78 is 31.8. The van der Waals surface area contributed by atoms with E-state index in [1.54, 1.807) is 23.9 Å². The molecule has 1 aromatic carbocycles. The van der Waals surface area contributed by atoms with Gasteiger partial charge in [-0.1, -0.05) is 6.07 Å². The summed E-state index contributed by atoms with van der Waals surface area (Å²) >= 11 is 1.62. The number of benzene rings is 1. The van der Waals surface area contributed by atoms with Crippen LogP contribution in [0.25, 0.3) is 0 Å². The summed E-state index contributed by atoms with van der Waals surface area (Å²) in [5, 5.41) is 2.69. The summed E-state index contributed by atoms with van der Waals surface area (Å²) in [4.78, 5) is 12.2. The molecule has 0 unspecified atom stereocenters. The van der Waals surface area contributed by atoms with Gasteiger partial charge in [0.15, 0.2) is 0 Å². The highest BCUT2D eigenvalue weighted by molar-refractivity contribution is 7.98. The van der Waals surface area contributed by atoms with Crippen molar-refractivity contribution in [3.8, 4) is 0 Å². The third kappa shape index (κ3) is 4.93. The highest BCUT2D eigenvalue weighted by atomic mass is 32.2. The number of nitrogens with two attached hydrogens (primary N) is 1. The van der Waals surface area contributed by atoms with E-state index in [2.05, 4.69) is 5.32 Å². The molecule has 0 bridgehead atoms. The van der Waals surface area contributed by atoms with Gasteiger partial charge < -0.3 is 15.8 Å². The van der Waals surface area contributed by atoms with Gasteiger partial charge in [-0.05, 0) is 36.6 Å². The van der Waals surface area contributed by atoms with Crippen molar-refractivity contribution in [2.45, 2.75) is 17.4 Å². The highest BCUT2D eigenvalue weighted by Crippen LogP contribution is 2.20. The Bertz CT molecular complexity index is 660. The van der Waals surface area contributed by atoms with Crippen LogP contribution in [0.1, 0.15) is 6.42 Å². The fourth-order valence-electron chi connectivity index (χ4n) is 2.28. The lowest BCUT2D eigenvalue weighted by Gasteiger charge is -2.26. The van der Waals surface area contributed by atoms with E-state index >= 15 is 0 Å². The van der Waals surface area contributed by atoms with Gasteiger partial charge in [0.05, 0.1) is 24.2 Å². The van der Waals surface area contributed by atoms with Crippen molar-refractivity contribution in [2.24, 2.45) is 5.73 Å². The molecular weight excluding hydrogens is 350 g/mol. The van der Waals surface area contributed by atoms with Gasteiger partial charge in [-0.2, -0.15) is 16.1 Å². The van der Waals surface area contributed by atoms with Crippen LogP contribution in [0, 0.1) is 0 Å². The number of carbonyl (C=O) groups excluding carboxylic acids is 1. The van der Waals surface area contributed by atoms with Crippen LogP contribution < -0.4 is 11.1 Å². The molecule has 1 aromatic rings. The average molecular weight is 374 g/mol. The van der Waals surface area contributed by atoms with Crippen molar-refractivity contribution in [2.75, 3.05) is 43.6 Å². The van der Waals surface area contributed by atoms with Crippen LogP contribution in [0.15, 0.2) is 29.2 Å². The molecule has 2 rings (SSSR count). The third-order valence-corrected chi connectivity index (χ3v) is 6.22. The number of sulfonamides is 1. The first-order chi connectivity index (χ1) is 11.4. The number of nitrogens with one attached hydrogen (secondary N) is 1. The van der Waals surface area contributed by atoms with Gasteiger partial charge in [-0.3, -0.25) is 4.79 Å². The van der Waals surface area contributed by atoms with E-state index in [9.17, 15) is 13.2 Å². The van der Waals surface area contributed by atoms with Gasteiger partial charge in [0, 0.05) is 18.8 Å². The van der Waals surface area contributed by atoms with Gasteiger partial charge >= 0.3 is 0 Å². The molecule has 1 fully saturated rings. The van der Waals surface area contributed by atoms with Crippen LogP contribution in [0.3, 0.4) is 0 Å². The number of carbonyl (C=O) groups is 1. The Balaban J connectivity index is 2.09. The highest BCUT2D eigenvalue weighted by Gasteiger charge is 2.26. The minimum atomic E-state index is -3.59. The van der Waals surface area contributed by atoms with E-state index in [1.165, 1.54) is 16.4 Å². The molecule has 7 nitrogen and oxygen atoms in total. The molecule has 3 N–H and O–H groups in total. The maximum absolute atomic E-state index is 12.6. The Kier molecular flexibility index (Phi) is 7.05. The van der Waals surface area contributed by atoms with Crippen LogP contribution in [-0.4, -0.2) is 63.0 Å². The second-order valence-corrected chi connectivity index (χ2v) is 8.35. The maximum Gasteiger partial charge on any atom is 0.243 e. The summed E-state index contributed by atoms with van der Waals surface area (Å²) in [6.45, 7) is 1.44.